The number of aliphatic hydroxyl groups is 3. The lowest BCUT2D eigenvalue weighted by Gasteiger charge is -2.36. The van der Waals surface area contributed by atoms with Gasteiger partial charge in [0.15, 0.2) is 0 Å². The van der Waals surface area contributed by atoms with Gasteiger partial charge < -0.3 is 15.3 Å². The predicted molar refractivity (Wildman–Crippen MR) is 134 cm³/mol. The van der Waals surface area contributed by atoms with Crippen LogP contribution >= 0.6 is 0 Å². The summed E-state index contributed by atoms with van der Waals surface area (Å²) in [6.45, 7) is 9.00. The second-order valence-electron chi connectivity index (χ2n) is 10.2. The SMILES string of the molecule is CC(CO)C(C)(CCCC(O)CCCC(C)(c1ccccc1)C(C)CO)c1ccccc1. The van der Waals surface area contributed by atoms with E-state index >= 15 is 0 Å². The van der Waals surface area contributed by atoms with E-state index in [1.54, 1.807) is 0 Å². The van der Waals surface area contributed by atoms with E-state index in [0.717, 1.165) is 38.5 Å². The van der Waals surface area contributed by atoms with Crippen LogP contribution in [0.4, 0.5) is 0 Å². The van der Waals surface area contributed by atoms with E-state index in [-0.39, 0.29) is 42.0 Å². The smallest absolute Gasteiger partial charge is 0.0540 e. The molecule has 0 spiro atoms. The van der Waals surface area contributed by atoms with Gasteiger partial charge in [0.2, 0.25) is 0 Å². The maximum absolute atomic E-state index is 10.7. The lowest BCUT2D eigenvalue weighted by Crippen LogP contribution is -2.33. The van der Waals surface area contributed by atoms with E-state index in [9.17, 15) is 15.3 Å². The van der Waals surface area contributed by atoms with Crippen molar-refractivity contribution in [2.24, 2.45) is 11.8 Å². The molecule has 0 aliphatic rings. The van der Waals surface area contributed by atoms with Crippen LogP contribution in [-0.2, 0) is 10.8 Å². The Hall–Kier alpha value is -1.68. The fourth-order valence-electron chi connectivity index (χ4n) is 4.95. The molecule has 3 nitrogen and oxygen atoms in total. The monoisotopic (exact) mass is 440 g/mol. The van der Waals surface area contributed by atoms with Crippen molar-refractivity contribution >= 4 is 0 Å². The first-order chi connectivity index (χ1) is 15.3. The Morgan fingerprint density at radius 2 is 1.00 bits per heavy atom. The highest BCUT2D eigenvalue weighted by molar-refractivity contribution is 5.26. The molecule has 0 saturated carbocycles. The predicted octanol–water partition coefficient (Wildman–Crippen LogP) is 5.86. The molecular weight excluding hydrogens is 396 g/mol. The average molecular weight is 441 g/mol. The summed E-state index contributed by atoms with van der Waals surface area (Å²) in [7, 11) is 0. The van der Waals surface area contributed by atoms with E-state index in [1.807, 2.05) is 12.1 Å². The molecule has 32 heavy (non-hydrogen) atoms. The number of hydrogen-bond acceptors (Lipinski definition) is 3. The Labute approximate surface area is 195 Å². The van der Waals surface area contributed by atoms with Crippen molar-refractivity contribution in [1.82, 2.24) is 0 Å². The third kappa shape index (κ3) is 6.66. The van der Waals surface area contributed by atoms with Gasteiger partial charge in [-0.1, -0.05) is 88.4 Å². The quantitative estimate of drug-likeness (QED) is 0.345. The number of hydrogen-bond donors (Lipinski definition) is 3. The minimum Gasteiger partial charge on any atom is -0.396 e. The molecule has 178 valence electrons. The van der Waals surface area contributed by atoms with Crippen LogP contribution in [0.15, 0.2) is 60.7 Å². The van der Waals surface area contributed by atoms with Crippen LogP contribution in [0.25, 0.3) is 0 Å². The topological polar surface area (TPSA) is 60.7 Å². The molecule has 0 aromatic heterocycles. The van der Waals surface area contributed by atoms with Crippen LogP contribution in [0.5, 0.6) is 0 Å². The molecular formula is C29H44O3. The summed E-state index contributed by atoms with van der Waals surface area (Å²) in [6, 6.07) is 20.9. The lowest BCUT2D eigenvalue weighted by molar-refractivity contribution is 0.123. The molecule has 3 N–H and O–H groups in total. The molecule has 0 bridgehead atoms. The summed E-state index contributed by atoms with van der Waals surface area (Å²) < 4.78 is 0. The van der Waals surface area contributed by atoms with E-state index in [4.69, 9.17) is 0 Å². The molecule has 4 atom stereocenters. The van der Waals surface area contributed by atoms with Crippen molar-refractivity contribution in [2.45, 2.75) is 83.2 Å². The van der Waals surface area contributed by atoms with Gasteiger partial charge in [-0.15, -0.1) is 0 Å². The van der Waals surface area contributed by atoms with Crippen LogP contribution in [0, 0.1) is 11.8 Å². The van der Waals surface area contributed by atoms with Gasteiger partial charge in [0.1, 0.15) is 0 Å². The van der Waals surface area contributed by atoms with Crippen LogP contribution in [0.2, 0.25) is 0 Å². The van der Waals surface area contributed by atoms with Gasteiger partial charge in [0.25, 0.3) is 0 Å². The van der Waals surface area contributed by atoms with Crippen molar-refractivity contribution in [3.05, 3.63) is 71.8 Å². The fraction of sp³-hybridized carbons (Fsp3) is 0.586. The maximum atomic E-state index is 10.7. The Morgan fingerprint density at radius 3 is 1.31 bits per heavy atom. The van der Waals surface area contributed by atoms with Crippen molar-refractivity contribution in [3.63, 3.8) is 0 Å². The number of aliphatic hydroxyl groups excluding tert-OH is 3. The summed E-state index contributed by atoms with van der Waals surface area (Å²) in [5.41, 5.74) is 2.32. The minimum absolute atomic E-state index is 0.0990. The molecule has 2 aromatic rings. The fourth-order valence-corrected chi connectivity index (χ4v) is 4.95. The summed E-state index contributed by atoms with van der Waals surface area (Å²) in [5.74, 6) is 0.321. The zero-order chi connectivity index (χ0) is 23.6. The summed E-state index contributed by atoms with van der Waals surface area (Å²) in [4.78, 5) is 0. The van der Waals surface area contributed by atoms with Crippen molar-refractivity contribution in [2.75, 3.05) is 13.2 Å². The number of rotatable bonds is 14. The average Bonchev–Trinajstić information content (AvgIpc) is 2.83. The first-order valence-corrected chi connectivity index (χ1v) is 12.3. The summed E-state index contributed by atoms with van der Waals surface area (Å²) in [6.07, 6.45) is 4.98. The van der Waals surface area contributed by atoms with Gasteiger partial charge in [-0.25, -0.2) is 0 Å². The molecule has 4 unspecified atom stereocenters. The van der Waals surface area contributed by atoms with Crippen molar-refractivity contribution < 1.29 is 15.3 Å². The first-order valence-electron chi connectivity index (χ1n) is 12.3. The molecule has 0 aliphatic carbocycles. The molecule has 0 heterocycles. The zero-order valence-electron chi connectivity index (χ0n) is 20.5. The largest absolute Gasteiger partial charge is 0.396 e. The van der Waals surface area contributed by atoms with Gasteiger partial charge in [-0.05, 0) is 72.3 Å². The molecule has 0 aliphatic heterocycles. The molecule has 3 heteroatoms. The van der Waals surface area contributed by atoms with Crippen LogP contribution < -0.4 is 0 Å². The van der Waals surface area contributed by atoms with Crippen molar-refractivity contribution in [1.29, 1.82) is 0 Å². The summed E-state index contributed by atoms with van der Waals surface area (Å²) in [5, 5.41) is 30.3. The van der Waals surface area contributed by atoms with E-state index < -0.39 is 0 Å². The highest BCUT2D eigenvalue weighted by atomic mass is 16.3. The highest BCUT2D eigenvalue weighted by Gasteiger charge is 2.33. The second kappa shape index (κ2) is 12.5. The number of benzene rings is 2. The van der Waals surface area contributed by atoms with E-state index in [1.165, 1.54) is 11.1 Å². The first kappa shape index (κ1) is 26.6. The zero-order valence-corrected chi connectivity index (χ0v) is 20.5. The minimum atomic E-state index is -0.316. The molecule has 2 aromatic carbocycles. The van der Waals surface area contributed by atoms with Crippen LogP contribution in [0.1, 0.15) is 77.3 Å². The molecule has 0 amide bonds. The van der Waals surface area contributed by atoms with E-state index in [2.05, 4.69) is 76.2 Å². The van der Waals surface area contributed by atoms with Gasteiger partial charge in [0, 0.05) is 13.2 Å². The second-order valence-corrected chi connectivity index (χ2v) is 10.2. The molecule has 0 fully saturated rings. The Kier molecular flexibility index (Phi) is 10.4. The Morgan fingerprint density at radius 1 is 0.656 bits per heavy atom. The van der Waals surface area contributed by atoms with E-state index in [0.29, 0.717) is 0 Å². The van der Waals surface area contributed by atoms with Gasteiger partial charge in [0.05, 0.1) is 6.10 Å². The molecule has 0 saturated heterocycles. The van der Waals surface area contributed by atoms with Crippen molar-refractivity contribution in [3.8, 4) is 0 Å². The molecule has 0 radical (unpaired) electrons. The third-order valence-corrected chi connectivity index (χ3v) is 8.06. The standard InChI is InChI=1S/C29H44O3/c1-23(21-30)28(3,25-13-7-5-8-14-25)19-11-17-27(32)18-12-20-29(4,24(2)22-31)26-15-9-6-10-16-26/h5-10,13-16,23-24,27,30-32H,11-12,17-22H2,1-4H3. The Bertz CT molecular complexity index is 697. The maximum Gasteiger partial charge on any atom is 0.0540 e. The van der Waals surface area contributed by atoms with Crippen LogP contribution in [0.3, 0.4) is 0 Å². The third-order valence-electron chi connectivity index (χ3n) is 8.06. The van der Waals surface area contributed by atoms with Gasteiger partial charge in [-0.3, -0.25) is 0 Å². The normalized spacial score (nSPS) is 18.3. The van der Waals surface area contributed by atoms with Gasteiger partial charge >= 0.3 is 0 Å². The van der Waals surface area contributed by atoms with Gasteiger partial charge in [-0.2, -0.15) is 0 Å². The highest BCUT2D eigenvalue weighted by Crippen LogP contribution is 2.38. The Balaban J connectivity index is 1.90. The lowest BCUT2D eigenvalue weighted by atomic mass is 9.69. The summed E-state index contributed by atoms with van der Waals surface area (Å²) >= 11 is 0. The molecule has 2 rings (SSSR count). The van der Waals surface area contributed by atoms with Crippen LogP contribution in [-0.4, -0.2) is 34.6 Å².